The zero-order valence-corrected chi connectivity index (χ0v) is 14.1. The molecular formula is C16H21ClN2O4. The first-order valence-corrected chi connectivity index (χ1v) is 7.75. The Balaban J connectivity index is 1.87. The van der Waals surface area contributed by atoms with E-state index in [4.69, 9.17) is 31.7 Å². The number of nitrogens with one attached hydrogen (secondary N) is 2. The molecule has 3 N–H and O–H groups in total. The Kier molecular flexibility index (Phi) is 5.16. The summed E-state index contributed by atoms with van der Waals surface area (Å²) in [5.74, 6) is 0.0706. The van der Waals surface area contributed by atoms with Gasteiger partial charge in [-0.2, -0.15) is 0 Å². The highest BCUT2D eigenvalue weighted by molar-refractivity contribution is 6.34. The second-order valence-corrected chi connectivity index (χ2v) is 6.98. The summed E-state index contributed by atoms with van der Waals surface area (Å²) in [6.07, 6.45) is 1.18. The maximum absolute atomic E-state index is 11.9. The number of amidine groups is 1. The molecule has 23 heavy (non-hydrogen) atoms. The molecule has 7 heteroatoms. The van der Waals surface area contributed by atoms with Gasteiger partial charge in [0.25, 0.3) is 0 Å². The van der Waals surface area contributed by atoms with Crippen LogP contribution in [-0.2, 0) is 9.53 Å². The summed E-state index contributed by atoms with van der Waals surface area (Å²) >= 11 is 6.05. The molecule has 1 aromatic rings. The smallest absolute Gasteiger partial charge is 0.309 e. The summed E-state index contributed by atoms with van der Waals surface area (Å²) in [5, 5.41) is 16.5. The predicted molar refractivity (Wildman–Crippen MR) is 86.2 cm³/mol. The van der Waals surface area contributed by atoms with Crippen LogP contribution in [0.3, 0.4) is 0 Å². The first kappa shape index (κ1) is 17.6. The van der Waals surface area contributed by atoms with Crippen molar-refractivity contribution in [3.05, 3.63) is 28.8 Å². The van der Waals surface area contributed by atoms with Gasteiger partial charge in [0.15, 0.2) is 5.84 Å². The number of benzene rings is 1. The monoisotopic (exact) mass is 340 g/mol. The van der Waals surface area contributed by atoms with E-state index in [1.54, 1.807) is 23.7 Å². The number of esters is 1. The van der Waals surface area contributed by atoms with Crippen LogP contribution in [0, 0.1) is 11.3 Å². The Morgan fingerprint density at radius 1 is 1.39 bits per heavy atom. The number of hydrogen-bond acceptors (Lipinski definition) is 5. The van der Waals surface area contributed by atoms with Crippen LogP contribution in [0.2, 0.25) is 5.02 Å². The van der Waals surface area contributed by atoms with E-state index in [1.807, 2.05) is 20.8 Å². The van der Waals surface area contributed by atoms with Crippen molar-refractivity contribution in [3.8, 4) is 5.75 Å². The summed E-state index contributed by atoms with van der Waals surface area (Å²) in [5.41, 5.74) is 1.65. The van der Waals surface area contributed by atoms with E-state index in [0.29, 0.717) is 29.2 Å². The van der Waals surface area contributed by atoms with E-state index >= 15 is 0 Å². The zero-order chi connectivity index (χ0) is 17.2. The number of ether oxygens (including phenoxy) is 2. The van der Waals surface area contributed by atoms with Crippen molar-refractivity contribution in [1.29, 1.82) is 5.41 Å². The Hall–Kier alpha value is -1.79. The molecule has 126 valence electrons. The number of halogens is 1. The number of hydroxylamine groups is 1. The third-order valence-corrected chi connectivity index (χ3v) is 3.77. The number of rotatable bonds is 4. The van der Waals surface area contributed by atoms with E-state index in [0.717, 1.165) is 0 Å². The molecule has 0 amide bonds. The van der Waals surface area contributed by atoms with E-state index in [9.17, 15) is 4.79 Å². The van der Waals surface area contributed by atoms with Gasteiger partial charge in [-0.3, -0.25) is 20.9 Å². The Bertz CT molecular complexity index is 607. The molecule has 0 atom stereocenters. The van der Waals surface area contributed by atoms with Crippen molar-refractivity contribution < 1.29 is 19.5 Å². The number of carbonyl (C=O) groups excluding carboxylic acids is 1. The van der Waals surface area contributed by atoms with Gasteiger partial charge < -0.3 is 9.47 Å². The van der Waals surface area contributed by atoms with Crippen molar-refractivity contribution >= 4 is 23.4 Å². The van der Waals surface area contributed by atoms with Gasteiger partial charge in [-0.25, -0.2) is 0 Å². The molecule has 0 heterocycles. The van der Waals surface area contributed by atoms with Gasteiger partial charge in [0.05, 0.1) is 10.9 Å². The van der Waals surface area contributed by atoms with Gasteiger partial charge in [0.1, 0.15) is 17.5 Å². The minimum atomic E-state index is -0.475. The third kappa shape index (κ3) is 4.59. The molecule has 0 aromatic heterocycles. The number of hydrogen-bond donors (Lipinski definition) is 3. The van der Waals surface area contributed by atoms with Crippen LogP contribution in [0.1, 0.15) is 39.2 Å². The lowest BCUT2D eigenvalue weighted by Crippen LogP contribution is -2.41. The lowest BCUT2D eigenvalue weighted by molar-refractivity contribution is -0.166. The van der Waals surface area contributed by atoms with E-state index in [-0.39, 0.29) is 23.8 Å². The van der Waals surface area contributed by atoms with Crippen LogP contribution in [0.25, 0.3) is 0 Å². The quantitative estimate of drug-likeness (QED) is 0.339. The second kappa shape index (κ2) is 6.76. The maximum atomic E-state index is 11.9. The van der Waals surface area contributed by atoms with Crippen molar-refractivity contribution in [1.82, 2.24) is 5.48 Å². The highest BCUT2D eigenvalue weighted by Gasteiger charge is 2.38. The lowest BCUT2D eigenvalue weighted by atomic mass is 9.82. The summed E-state index contributed by atoms with van der Waals surface area (Å²) in [4.78, 5) is 11.9. The molecule has 0 bridgehead atoms. The van der Waals surface area contributed by atoms with E-state index in [2.05, 4.69) is 0 Å². The second-order valence-electron chi connectivity index (χ2n) is 6.57. The summed E-state index contributed by atoms with van der Waals surface area (Å²) in [6, 6.07) is 4.85. The van der Waals surface area contributed by atoms with Crippen molar-refractivity contribution in [2.24, 2.45) is 5.92 Å². The number of carbonyl (C=O) groups is 1. The molecule has 6 nitrogen and oxygen atoms in total. The average molecular weight is 341 g/mol. The SMILES string of the molecule is CC(C)(C)OC(=O)C1CC(Oc2ccc(C(=N)NO)c(Cl)c2)C1. The zero-order valence-electron chi connectivity index (χ0n) is 13.4. The summed E-state index contributed by atoms with van der Waals surface area (Å²) in [6.45, 7) is 5.54. The minimum absolute atomic E-state index is 0.0511. The lowest BCUT2D eigenvalue weighted by Gasteiger charge is -2.35. The van der Waals surface area contributed by atoms with Gasteiger partial charge in [0, 0.05) is 5.56 Å². The molecular weight excluding hydrogens is 320 g/mol. The fourth-order valence-corrected chi connectivity index (χ4v) is 2.53. The van der Waals surface area contributed by atoms with Crippen LogP contribution in [0.5, 0.6) is 5.75 Å². The summed E-state index contributed by atoms with van der Waals surface area (Å²) in [7, 11) is 0. The molecule has 2 rings (SSSR count). The van der Waals surface area contributed by atoms with Crippen LogP contribution in [-0.4, -0.2) is 28.7 Å². The molecule has 0 saturated heterocycles. The van der Waals surface area contributed by atoms with Crippen molar-refractivity contribution in [2.45, 2.75) is 45.3 Å². The van der Waals surface area contributed by atoms with Crippen LogP contribution >= 0.6 is 11.6 Å². The van der Waals surface area contributed by atoms with Crippen molar-refractivity contribution in [2.75, 3.05) is 0 Å². The molecule has 1 aliphatic rings. The normalized spacial score (nSPS) is 20.4. The Morgan fingerprint density at radius 3 is 2.57 bits per heavy atom. The fourth-order valence-electron chi connectivity index (χ4n) is 2.26. The Morgan fingerprint density at radius 2 is 2.04 bits per heavy atom. The van der Waals surface area contributed by atoms with E-state index in [1.165, 1.54) is 0 Å². The predicted octanol–water partition coefficient (Wildman–Crippen LogP) is 3.14. The molecule has 0 unspecified atom stereocenters. The van der Waals surface area contributed by atoms with Crippen LogP contribution in [0.4, 0.5) is 0 Å². The topological polar surface area (TPSA) is 91.6 Å². The molecule has 1 fully saturated rings. The molecule has 0 aliphatic heterocycles. The molecule has 1 aliphatic carbocycles. The van der Waals surface area contributed by atoms with Crippen LogP contribution in [0.15, 0.2) is 18.2 Å². The van der Waals surface area contributed by atoms with Crippen molar-refractivity contribution in [3.63, 3.8) is 0 Å². The summed E-state index contributed by atoms with van der Waals surface area (Å²) < 4.78 is 11.1. The highest BCUT2D eigenvalue weighted by atomic mass is 35.5. The molecule has 0 radical (unpaired) electrons. The Labute approximate surface area is 140 Å². The molecule has 1 aromatic carbocycles. The third-order valence-electron chi connectivity index (χ3n) is 3.46. The maximum Gasteiger partial charge on any atom is 0.309 e. The highest BCUT2D eigenvalue weighted by Crippen LogP contribution is 2.34. The van der Waals surface area contributed by atoms with Crippen LogP contribution < -0.4 is 10.2 Å². The molecule has 1 saturated carbocycles. The van der Waals surface area contributed by atoms with E-state index < -0.39 is 5.60 Å². The standard InChI is InChI=1S/C16H21ClN2O4/c1-16(2,3)23-15(20)9-6-11(7-9)22-10-4-5-12(13(17)8-10)14(18)19-21/h4-5,8-9,11,21H,6-7H2,1-3H3,(H2,18,19). The molecule has 0 spiro atoms. The first-order chi connectivity index (χ1) is 10.7. The van der Waals surface area contributed by atoms with Gasteiger partial charge in [-0.05, 0) is 51.8 Å². The fraction of sp³-hybridized carbons (Fsp3) is 0.500. The largest absolute Gasteiger partial charge is 0.490 e. The van der Waals surface area contributed by atoms with Gasteiger partial charge in [-0.15, -0.1) is 0 Å². The minimum Gasteiger partial charge on any atom is -0.490 e. The average Bonchev–Trinajstić information content (AvgIpc) is 2.39. The van der Waals surface area contributed by atoms with Gasteiger partial charge >= 0.3 is 5.97 Å². The first-order valence-electron chi connectivity index (χ1n) is 7.37. The van der Waals surface area contributed by atoms with Gasteiger partial charge in [-0.1, -0.05) is 11.6 Å². The van der Waals surface area contributed by atoms with Gasteiger partial charge in [0.2, 0.25) is 0 Å².